The number of thioether (sulfide) groups is 1. The molecule has 9 heteroatoms. The lowest BCUT2D eigenvalue weighted by Gasteiger charge is -2.08. The van der Waals surface area contributed by atoms with Crippen LogP contribution in [0.25, 0.3) is 11.4 Å². The molecule has 1 amide bonds. The average Bonchev–Trinajstić information content (AvgIpc) is 3.19. The minimum Gasteiger partial charge on any atom is -0.493 e. The van der Waals surface area contributed by atoms with Gasteiger partial charge in [0, 0.05) is 16.3 Å². The molecule has 0 radical (unpaired) electrons. The number of benzene rings is 2. The Hall–Kier alpha value is -2.71. The largest absolute Gasteiger partial charge is 0.493 e. The first-order valence-corrected chi connectivity index (χ1v) is 10.2. The Morgan fingerprint density at radius 3 is 2.76 bits per heavy atom. The standard InChI is InChI=1S/C20H20ClN3O4S/c1-12-14(21)5-4-6-15(12)22-18(25)10-29-11-19-23-20(24-28-19)13-7-8-16(26-2)17(9-13)27-3/h4-9H,10-11H2,1-3H3,(H,22,25). The minimum absolute atomic E-state index is 0.125. The van der Waals surface area contributed by atoms with Gasteiger partial charge in [0.2, 0.25) is 17.6 Å². The van der Waals surface area contributed by atoms with Gasteiger partial charge >= 0.3 is 0 Å². The van der Waals surface area contributed by atoms with Crippen LogP contribution in [0.2, 0.25) is 5.02 Å². The van der Waals surface area contributed by atoms with E-state index in [0.29, 0.717) is 39.7 Å². The molecule has 0 aliphatic heterocycles. The molecule has 3 rings (SSSR count). The zero-order chi connectivity index (χ0) is 20.8. The fourth-order valence-corrected chi connectivity index (χ4v) is 3.39. The number of carbonyl (C=O) groups is 1. The normalized spacial score (nSPS) is 10.6. The lowest BCUT2D eigenvalue weighted by molar-refractivity contribution is -0.113. The average molecular weight is 434 g/mol. The van der Waals surface area contributed by atoms with Crippen molar-refractivity contribution >= 4 is 35.0 Å². The highest BCUT2D eigenvalue weighted by Crippen LogP contribution is 2.31. The minimum atomic E-state index is -0.125. The van der Waals surface area contributed by atoms with Crippen LogP contribution >= 0.6 is 23.4 Å². The van der Waals surface area contributed by atoms with Crippen LogP contribution in [0.1, 0.15) is 11.5 Å². The summed E-state index contributed by atoms with van der Waals surface area (Å²) in [7, 11) is 3.14. The van der Waals surface area contributed by atoms with Gasteiger partial charge in [-0.25, -0.2) is 0 Å². The second kappa shape index (κ2) is 9.67. The maximum atomic E-state index is 12.2. The summed E-state index contributed by atoms with van der Waals surface area (Å²) in [5, 5.41) is 7.46. The molecule has 1 heterocycles. The molecule has 1 aromatic heterocycles. The van der Waals surface area contributed by atoms with Gasteiger partial charge in [-0.1, -0.05) is 22.8 Å². The third-order valence-electron chi connectivity index (χ3n) is 4.11. The Morgan fingerprint density at radius 1 is 1.21 bits per heavy atom. The van der Waals surface area contributed by atoms with Gasteiger partial charge in [0.1, 0.15) is 0 Å². The van der Waals surface area contributed by atoms with Crippen molar-refractivity contribution < 1.29 is 18.8 Å². The molecule has 0 aliphatic rings. The molecular weight excluding hydrogens is 414 g/mol. The van der Waals surface area contributed by atoms with Crippen molar-refractivity contribution in [1.82, 2.24) is 10.1 Å². The second-order valence-electron chi connectivity index (χ2n) is 6.03. The van der Waals surface area contributed by atoms with Gasteiger partial charge in [0.05, 0.1) is 25.7 Å². The molecule has 2 aromatic carbocycles. The van der Waals surface area contributed by atoms with E-state index in [1.165, 1.54) is 11.8 Å². The molecule has 0 aliphatic carbocycles. The van der Waals surface area contributed by atoms with E-state index in [9.17, 15) is 4.79 Å². The summed E-state index contributed by atoms with van der Waals surface area (Å²) < 4.78 is 15.8. The van der Waals surface area contributed by atoms with Crippen LogP contribution in [-0.4, -0.2) is 36.0 Å². The fourth-order valence-electron chi connectivity index (χ4n) is 2.57. The smallest absolute Gasteiger partial charge is 0.236 e. The van der Waals surface area contributed by atoms with Crippen LogP contribution < -0.4 is 14.8 Å². The molecule has 1 N–H and O–H groups in total. The predicted molar refractivity (Wildman–Crippen MR) is 114 cm³/mol. The van der Waals surface area contributed by atoms with Crippen LogP contribution in [0.4, 0.5) is 5.69 Å². The Labute approximate surface area is 177 Å². The number of methoxy groups -OCH3 is 2. The van der Waals surface area contributed by atoms with Crippen molar-refractivity contribution in [1.29, 1.82) is 0 Å². The SMILES string of the molecule is COc1ccc(-c2noc(CSCC(=O)Nc3cccc(Cl)c3C)n2)cc1OC. The van der Waals surface area contributed by atoms with E-state index in [0.717, 1.165) is 11.1 Å². The van der Waals surface area contributed by atoms with Gasteiger partial charge in [-0.2, -0.15) is 4.98 Å². The summed E-state index contributed by atoms with van der Waals surface area (Å²) in [5.41, 5.74) is 2.29. The van der Waals surface area contributed by atoms with Crippen LogP contribution in [-0.2, 0) is 10.5 Å². The highest BCUT2D eigenvalue weighted by atomic mass is 35.5. The summed E-state index contributed by atoms with van der Waals surface area (Å²) in [6, 6.07) is 10.8. The monoisotopic (exact) mass is 433 g/mol. The Bertz CT molecular complexity index is 1010. The highest BCUT2D eigenvalue weighted by Gasteiger charge is 2.13. The van der Waals surface area contributed by atoms with Crippen LogP contribution in [0, 0.1) is 6.92 Å². The van der Waals surface area contributed by atoms with E-state index in [2.05, 4.69) is 15.5 Å². The van der Waals surface area contributed by atoms with E-state index in [4.69, 9.17) is 25.6 Å². The number of hydrogen-bond donors (Lipinski definition) is 1. The van der Waals surface area contributed by atoms with E-state index < -0.39 is 0 Å². The molecule has 0 bridgehead atoms. The fraction of sp³-hybridized carbons (Fsp3) is 0.250. The zero-order valence-corrected chi connectivity index (χ0v) is 17.8. The number of aromatic nitrogens is 2. The van der Waals surface area contributed by atoms with Crippen LogP contribution in [0.15, 0.2) is 40.9 Å². The van der Waals surface area contributed by atoms with Crippen molar-refractivity contribution in [2.75, 3.05) is 25.3 Å². The second-order valence-corrected chi connectivity index (χ2v) is 7.43. The lowest BCUT2D eigenvalue weighted by atomic mass is 10.2. The van der Waals surface area contributed by atoms with Gasteiger partial charge in [-0.15, -0.1) is 11.8 Å². The molecule has 0 saturated heterocycles. The summed E-state index contributed by atoms with van der Waals surface area (Å²) in [6.07, 6.45) is 0. The first-order chi connectivity index (χ1) is 14.0. The molecule has 152 valence electrons. The molecule has 0 fully saturated rings. The molecular formula is C20H20ClN3O4S. The summed E-state index contributed by atoms with van der Waals surface area (Å²) in [5.74, 6) is 2.63. The number of ether oxygens (including phenoxy) is 2. The number of carbonyl (C=O) groups excluding carboxylic acids is 1. The number of amides is 1. The number of anilines is 1. The quantitative estimate of drug-likeness (QED) is 0.556. The van der Waals surface area contributed by atoms with Crippen molar-refractivity contribution in [3.05, 3.63) is 52.9 Å². The number of rotatable bonds is 8. The molecule has 0 saturated carbocycles. The molecule has 0 unspecified atom stereocenters. The summed E-state index contributed by atoms with van der Waals surface area (Å²) in [6.45, 7) is 1.86. The Balaban J connectivity index is 1.55. The third kappa shape index (κ3) is 5.21. The number of hydrogen-bond acceptors (Lipinski definition) is 7. The predicted octanol–water partition coefficient (Wildman–Crippen LogP) is 4.59. The highest BCUT2D eigenvalue weighted by molar-refractivity contribution is 7.99. The van der Waals surface area contributed by atoms with Gasteiger partial charge < -0.3 is 19.3 Å². The van der Waals surface area contributed by atoms with Crippen molar-refractivity contribution in [3.63, 3.8) is 0 Å². The lowest BCUT2D eigenvalue weighted by Crippen LogP contribution is -2.15. The topological polar surface area (TPSA) is 86.5 Å². The van der Waals surface area contributed by atoms with Crippen LogP contribution in [0.5, 0.6) is 11.5 Å². The molecule has 29 heavy (non-hydrogen) atoms. The van der Waals surface area contributed by atoms with Gasteiger partial charge in [0.15, 0.2) is 11.5 Å². The van der Waals surface area contributed by atoms with Gasteiger partial charge in [-0.3, -0.25) is 4.79 Å². The van der Waals surface area contributed by atoms with Crippen molar-refractivity contribution in [2.45, 2.75) is 12.7 Å². The Morgan fingerprint density at radius 2 is 2.00 bits per heavy atom. The molecule has 0 spiro atoms. The number of nitrogens with zero attached hydrogens (tertiary/aromatic N) is 2. The van der Waals surface area contributed by atoms with E-state index in [1.807, 2.05) is 19.1 Å². The molecule has 3 aromatic rings. The summed E-state index contributed by atoms with van der Waals surface area (Å²) in [4.78, 5) is 16.5. The first-order valence-electron chi connectivity index (χ1n) is 8.69. The van der Waals surface area contributed by atoms with Gasteiger partial charge in [-0.05, 0) is 42.8 Å². The molecule has 7 nitrogen and oxygen atoms in total. The number of halogens is 1. The van der Waals surface area contributed by atoms with Gasteiger partial charge in [0.25, 0.3) is 0 Å². The first kappa shape index (κ1) is 21.0. The maximum Gasteiger partial charge on any atom is 0.236 e. The third-order valence-corrected chi connectivity index (χ3v) is 5.44. The van der Waals surface area contributed by atoms with E-state index in [-0.39, 0.29) is 11.7 Å². The Kier molecular flexibility index (Phi) is 7.00. The van der Waals surface area contributed by atoms with E-state index in [1.54, 1.807) is 38.5 Å². The van der Waals surface area contributed by atoms with Crippen molar-refractivity contribution in [2.24, 2.45) is 0 Å². The summed E-state index contributed by atoms with van der Waals surface area (Å²) >= 11 is 7.45. The molecule has 0 atom stereocenters. The van der Waals surface area contributed by atoms with E-state index >= 15 is 0 Å². The van der Waals surface area contributed by atoms with Crippen LogP contribution in [0.3, 0.4) is 0 Å². The van der Waals surface area contributed by atoms with Crippen molar-refractivity contribution in [3.8, 4) is 22.9 Å². The maximum absolute atomic E-state index is 12.2. The zero-order valence-electron chi connectivity index (χ0n) is 16.2. The number of nitrogens with one attached hydrogen (secondary N) is 1.